The molecule has 3 aliphatic rings. The lowest BCUT2D eigenvalue weighted by Gasteiger charge is -2.38. The van der Waals surface area contributed by atoms with E-state index in [-0.39, 0.29) is 8.33 Å². The minimum absolute atomic E-state index is 0. The normalized spacial score (nSPS) is 45.3. The Kier molecular flexibility index (Phi) is 7.31. The van der Waals surface area contributed by atoms with E-state index in [0.717, 1.165) is 24.2 Å². The molecule has 3 saturated carbocycles. The van der Waals surface area contributed by atoms with E-state index in [1.54, 1.807) is 0 Å². The van der Waals surface area contributed by atoms with Gasteiger partial charge >= 0.3 is 0 Å². The molecule has 3 heteroatoms. The molecule has 0 saturated heterocycles. The zero-order valence-electron chi connectivity index (χ0n) is 14.8. The summed E-state index contributed by atoms with van der Waals surface area (Å²) < 4.78 is 26.9. The lowest BCUT2D eigenvalue weighted by molar-refractivity contribution is 0.0527. The fourth-order valence-electron chi connectivity index (χ4n) is 5.47. The van der Waals surface area contributed by atoms with Crippen LogP contribution in [-0.2, 0) is 0 Å². The Labute approximate surface area is 143 Å². The molecule has 3 rings (SSSR count). The molecule has 0 aliphatic heterocycles. The standard InChI is InChI=1S/C20H34F2.H2O.2H2/c1-14-2-4-15(5-3-14)12-16-6-8-17(9-7-16)18-10-11-19(21)20(22)13-18;;;/h14-20H,2-13H2,1H3;1H2;2*1H. The third-order valence-electron chi connectivity index (χ3n) is 7.09. The molecule has 140 valence electrons. The highest BCUT2D eigenvalue weighted by Crippen LogP contribution is 2.43. The summed E-state index contributed by atoms with van der Waals surface area (Å²) >= 11 is 0. The van der Waals surface area contributed by atoms with Crippen LogP contribution in [0.25, 0.3) is 0 Å². The third kappa shape index (κ3) is 5.14. The van der Waals surface area contributed by atoms with Crippen molar-refractivity contribution < 1.29 is 17.1 Å². The summed E-state index contributed by atoms with van der Waals surface area (Å²) in [5, 5.41) is 0. The first-order valence-corrected chi connectivity index (χ1v) is 9.90. The van der Waals surface area contributed by atoms with Crippen molar-refractivity contribution in [3.8, 4) is 0 Å². The van der Waals surface area contributed by atoms with E-state index in [0.29, 0.717) is 24.7 Å². The SMILES string of the molecule is CC1CCC(CC2CCC(C3CCC(F)C(F)C3)CC2)CC1.O.[HH].[HH]. The quantitative estimate of drug-likeness (QED) is 0.592. The molecule has 1 nitrogen and oxygen atoms in total. The smallest absolute Gasteiger partial charge is 0.131 e. The largest absolute Gasteiger partial charge is 0.412 e. The molecule has 0 aromatic carbocycles. The Morgan fingerprint density at radius 2 is 1.22 bits per heavy atom. The summed E-state index contributed by atoms with van der Waals surface area (Å²) in [5.74, 6) is 4.02. The second kappa shape index (κ2) is 8.78. The Bertz CT molecular complexity index is 343. The Hall–Kier alpha value is -0.180. The molecule has 0 aromatic heterocycles. The zero-order chi connectivity index (χ0) is 15.5. The van der Waals surface area contributed by atoms with Crippen LogP contribution in [0.2, 0.25) is 0 Å². The van der Waals surface area contributed by atoms with Crippen molar-refractivity contribution in [2.24, 2.45) is 29.6 Å². The minimum Gasteiger partial charge on any atom is -0.412 e. The highest BCUT2D eigenvalue weighted by molar-refractivity contribution is 4.86. The number of rotatable bonds is 3. The van der Waals surface area contributed by atoms with Crippen LogP contribution in [0.3, 0.4) is 0 Å². The van der Waals surface area contributed by atoms with Gasteiger partial charge in [0.15, 0.2) is 0 Å². The first-order chi connectivity index (χ1) is 10.6. The van der Waals surface area contributed by atoms with Crippen LogP contribution in [0, 0.1) is 29.6 Å². The predicted molar refractivity (Wildman–Crippen MR) is 96.2 cm³/mol. The van der Waals surface area contributed by atoms with Gasteiger partial charge in [-0.25, -0.2) is 8.78 Å². The van der Waals surface area contributed by atoms with Gasteiger partial charge in [-0.3, -0.25) is 0 Å². The Morgan fingerprint density at radius 3 is 1.78 bits per heavy atom. The van der Waals surface area contributed by atoms with E-state index < -0.39 is 12.3 Å². The maximum atomic E-state index is 13.6. The van der Waals surface area contributed by atoms with Crippen molar-refractivity contribution in [2.45, 2.75) is 96.3 Å². The van der Waals surface area contributed by atoms with Crippen molar-refractivity contribution in [3.05, 3.63) is 0 Å². The summed E-state index contributed by atoms with van der Waals surface area (Å²) in [6.45, 7) is 2.39. The van der Waals surface area contributed by atoms with Crippen molar-refractivity contribution in [1.29, 1.82) is 0 Å². The molecular formula is C20H40F2O. The van der Waals surface area contributed by atoms with Gasteiger partial charge in [0.2, 0.25) is 0 Å². The first kappa shape index (κ1) is 19.1. The van der Waals surface area contributed by atoms with E-state index in [1.807, 2.05) is 0 Å². The molecular weight excluding hydrogens is 294 g/mol. The van der Waals surface area contributed by atoms with E-state index in [2.05, 4.69) is 6.92 Å². The van der Waals surface area contributed by atoms with Crippen LogP contribution >= 0.6 is 0 Å². The summed E-state index contributed by atoms with van der Waals surface area (Å²) in [7, 11) is 0. The van der Waals surface area contributed by atoms with E-state index in [9.17, 15) is 8.78 Å². The van der Waals surface area contributed by atoms with Gasteiger partial charge in [0, 0.05) is 2.85 Å². The molecule has 3 atom stereocenters. The van der Waals surface area contributed by atoms with Crippen LogP contribution in [0.4, 0.5) is 8.78 Å². The first-order valence-electron chi connectivity index (χ1n) is 9.90. The van der Waals surface area contributed by atoms with Crippen LogP contribution in [0.5, 0.6) is 0 Å². The second-order valence-electron chi connectivity index (χ2n) is 8.75. The number of alkyl halides is 2. The molecule has 23 heavy (non-hydrogen) atoms. The molecule has 2 N–H and O–H groups in total. The molecule has 0 radical (unpaired) electrons. The molecule has 0 spiro atoms. The maximum Gasteiger partial charge on any atom is 0.131 e. The van der Waals surface area contributed by atoms with E-state index in [1.165, 1.54) is 57.8 Å². The van der Waals surface area contributed by atoms with Gasteiger partial charge in [-0.05, 0) is 68.1 Å². The van der Waals surface area contributed by atoms with Crippen molar-refractivity contribution in [2.75, 3.05) is 0 Å². The second-order valence-corrected chi connectivity index (χ2v) is 8.75. The molecule has 3 fully saturated rings. The van der Waals surface area contributed by atoms with Gasteiger partial charge in [0.25, 0.3) is 0 Å². The third-order valence-corrected chi connectivity index (χ3v) is 7.09. The Balaban J connectivity index is 0.00000192. The monoisotopic (exact) mass is 334 g/mol. The fourth-order valence-corrected chi connectivity index (χ4v) is 5.47. The summed E-state index contributed by atoms with van der Waals surface area (Å²) in [4.78, 5) is 0. The number of hydrogen-bond donors (Lipinski definition) is 0. The Morgan fingerprint density at radius 1 is 0.696 bits per heavy atom. The molecule has 3 unspecified atom stereocenters. The average Bonchev–Trinajstić information content (AvgIpc) is 2.53. The molecule has 0 bridgehead atoms. The minimum atomic E-state index is -1.18. The van der Waals surface area contributed by atoms with Gasteiger partial charge < -0.3 is 5.48 Å². The van der Waals surface area contributed by atoms with Crippen LogP contribution < -0.4 is 0 Å². The van der Waals surface area contributed by atoms with E-state index in [4.69, 9.17) is 0 Å². The van der Waals surface area contributed by atoms with E-state index >= 15 is 0 Å². The van der Waals surface area contributed by atoms with Crippen molar-refractivity contribution in [1.82, 2.24) is 0 Å². The maximum absolute atomic E-state index is 13.6. The van der Waals surface area contributed by atoms with Gasteiger partial charge in [-0.15, -0.1) is 0 Å². The van der Waals surface area contributed by atoms with Crippen molar-refractivity contribution in [3.63, 3.8) is 0 Å². The predicted octanol–water partition coefficient (Wildman–Crippen LogP) is 6.15. The molecule has 3 aliphatic carbocycles. The molecule has 0 aromatic rings. The lowest BCUT2D eigenvalue weighted by Crippen LogP contribution is -2.33. The molecule has 0 amide bonds. The summed E-state index contributed by atoms with van der Waals surface area (Å²) in [6, 6.07) is 0. The zero-order valence-corrected chi connectivity index (χ0v) is 14.8. The van der Waals surface area contributed by atoms with Gasteiger partial charge in [-0.1, -0.05) is 45.4 Å². The van der Waals surface area contributed by atoms with Gasteiger partial charge in [0.1, 0.15) is 12.3 Å². The van der Waals surface area contributed by atoms with Crippen LogP contribution in [0.15, 0.2) is 0 Å². The highest BCUT2D eigenvalue weighted by Gasteiger charge is 2.36. The molecule has 0 heterocycles. The van der Waals surface area contributed by atoms with Crippen LogP contribution in [-0.4, -0.2) is 17.8 Å². The fraction of sp³-hybridized carbons (Fsp3) is 1.00. The topological polar surface area (TPSA) is 31.5 Å². The number of hydrogen-bond acceptors (Lipinski definition) is 0. The summed E-state index contributed by atoms with van der Waals surface area (Å²) in [5.41, 5.74) is 0. The van der Waals surface area contributed by atoms with Gasteiger partial charge in [-0.2, -0.15) is 0 Å². The number of halogens is 2. The van der Waals surface area contributed by atoms with Gasteiger partial charge in [0.05, 0.1) is 0 Å². The van der Waals surface area contributed by atoms with Crippen LogP contribution in [0.1, 0.15) is 86.8 Å². The average molecular weight is 335 g/mol. The lowest BCUT2D eigenvalue weighted by atomic mass is 9.68. The van der Waals surface area contributed by atoms with Crippen molar-refractivity contribution >= 4 is 0 Å². The summed E-state index contributed by atoms with van der Waals surface area (Å²) in [6.07, 6.45) is 12.0. The highest BCUT2D eigenvalue weighted by atomic mass is 19.2.